The van der Waals surface area contributed by atoms with Crippen LogP contribution in [0.25, 0.3) is 93.9 Å². The van der Waals surface area contributed by atoms with Crippen LogP contribution in [-0.4, -0.2) is 4.57 Å². The minimum Gasteiger partial charge on any atom is -0.456 e. The first kappa shape index (κ1) is 36.5. The van der Waals surface area contributed by atoms with Crippen LogP contribution < -0.4 is 4.90 Å². The number of para-hydroxylation sites is 3. The van der Waals surface area contributed by atoms with Gasteiger partial charge < -0.3 is 13.9 Å². The van der Waals surface area contributed by atoms with Crippen LogP contribution in [0.15, 0.2) is 247 Å². The van der Waals surface area contributed by atoms with Gasteiger partial charge >= 0.3 is 0 Å². The quantitative estimate of drug-likeness (QED) is 0.153. The smallest absolute Gasteiger partial charge is 0.136 e. The highest BCUT2D eigenvalue weighted by atomic mass is 16.3. The molecule has 63 heavy (non-hydrogen) atoms. The minimum absolute atomic E-state index is 0.868. The predicted molar refractivity (Wildman–Crippen MR) is 264 cm³/mol. The lowest BCUT2D eigenvalue weighted by Crippen LogP contribution is -2.11. The molecule has 12 rings (SSSR count). The SMILES string of the molecule is c1ccc(-c2ccc(-c3ccc(N(c4ccc(-c5ccccc5)cc4)c4cc5c(cc4-c4cccc6oc7ccccc7c46)c4ccccc4n5-c4ccccc4)cc3)cc2)cc1. The summed E-state index contributed by atoms with van der Waals surface area (Å²) in [5, 5.41) is 4.60. The molecule has 0 amide bonds. The van der Waals surface area contributed by atoms with Crippen molar-refractivity contribution in [3.8, 4) is 50.2 Å². The van der Waals surface area contributed by atoms with E-state index in [1.165, 1.54) is 38.6 Å². The van der Waals surface area contributed by atoms with Crippen LogP contribution in [0.2, 0.25) is 0 Å². The highest BCUT2D eigenvalue weighted by Crippen LogP contribution is 2.48. The lowest BCUT2D eigenvalue weighted by atomic mass is 9.94. The van der Waals surface area contributed by atoms with Gasteiger partial charge in [-0.2, -0.15) is 0 Å². The predicted octanol–water partition coefficient (Wildman–Crippen LogP) is 16.8. The summed E-state index contributed by atoms with van der Waals surface area (Å²) in [7, 11) is 0. The van der Waals surface area contributed by atoms with Gasteiger partial charge in [0.15, 0.2) is 0 Å². The molecule has 0 fully saturated rings. The second kappa shape index (κ2) is 15.3. The lowest BCUT2D eigenvalue weighted by molar-refractivity contribution is 0.669. The number of nitrogens with zero attached hydrogens (tertiary/aromatic N) is 2. The van der Waals surface area contributed by atoms with Crippen LogP contribution in [0.5, 0.6) is 0 Å². The van der Waals surface area contributed by atoms with Crippen molar-refractivity contribution < 1.29 is 4.42 Å². The number of fused-ring (bicyclic) bond motifs is 6. The second-order valence-corrected chi connectivity index (χ2v) is 16.1. The van der Waals surface area contributed by atoms with Crippen molar-refractivity contribution in [3.05, 3.63) is 243 Å². The average molecular weight is 805 g/mol. The maximum absolute atomic E-state index is 6.53. The number of aromatic nitrogens is 1. The molecule has 2 heterocycles. The third kappa shape index (κ3) is 6.38. The Morgan fingerprint density at radius 1 is 0.317 bits per heavy atom. The summed E-state index contributed by atoms with van der Waals surface area (Å²) in [5.74, 6) is 0. The summed E-state index contributed by atoms with van der Waals surface area (Å²) >= 11 is 0. The van der Waals surface area contributed by atoms with Gasteiger partial charge in [-0.25, -0.2) is 0 Å². The zero-order valence-electron chi connectivity index (χ0n) is 34.4. The molecule has 0 radical (unpaired) electrons. The lowest BCUT2D eigenvalue weighted by Gasteiger charge is -2.29. The monoisotopic (exact) mass is 804 g/mol. The van der Waals surface area contributed by atoms with Crippen molar-refractivity contribution in [2.24, 2.45) is 0 Å². The Kier molecular flexibility index (Phi) is 8.83. The fourth-order valence-electron chi connectivity index (χ4n) is 9.41. The van der Waals surface area contributed by atoms with E-state index in [-0.39, 0.29) is 0 Å². The van der Waals surface area contributed by atoms with Gasteiger partial charge in [0.2, 0.25) is 0 Å². The first-order valence-electron chi connectivity index (χ1n) is 21.5. The normalized spacial score (nSPS) is 11.5. The van der Waals surface area contributed by atoms with Crippen molar-refractivity contribution in [2.45, 2.75) is 0 Å². The third-order valence-electron chi connectivity index (χ3n) is 12.4. The molecule has 296 valence electrons. The summed E-state index contributed by atoms with van der Waals surface area (Å²) < 4.78 is 8.94. The molecule has 3 heteroatoms. The number of furan rings is 1. The molecule has 10 aromatic carbocycles. The Morgan fingerprint density at radius 2 is 0.794 bits per heavy atom. The standard InChI is InChI=1S/C60H40N2O/c1-4-15-41(16-5-1)43-27-29-44(30-28-43)46-33-37-49(38-34-46)61(48-35-31-45(32-36-48)42-17-6-2-7-18-42)56-40-57-53(50-21-10-12-24-55(50)62(57)47-19-8-3-9-20-47)39-54(56)51-23-14-26-59-60(51)52-22-11-13-25-58(52)63-59/h1-40H. The number of hydrogen-bond acceptors (Lipinski definition) is 2. The molecule has 0 atom stereocenters. The van der Waals surface area contributed by atoms with Crippen LogP contribution in [0.4, 0.5) is 17.1 Å². The summed E-state index contributed by atoms with van der Waals surface area (Å²) in [5.41, 5.74) is 17.7. The molecule has 3 nitrogen and oxygen atoms in total. The number of anilines is 3. The molecule has 0 unspecified atom stereocenters. The van der Waals surface area contributed by atoms with Crippen molar-refractivity contribution in [1.29, 1.82) is 0 Å². The highest BCUT2D eigenvalue weighted by molar-refractivity contribution is 6.18. The molecule has 0 saturated carbocycles. The van der Waals surface area contributed by atoms with E-state index in [1.54, 1.807) is 0 Å². The van der Waals surface area contributed by atoms with Crippen LogP contribution in [0.1, 0.15) is 0 Å². The maximum atomic E-state index is 6.53. The Hall–Kier alpha value is -8.40. The zero-order valence-corrected chi connectivity index (χ0v) is 34.4. The molecule has 0 aliphatic rings. The molecule has 0 aliphatic heterocycles. The maximum Gasteiger partial charge on any atom is 0.136 e. The Bertz CT molecular complexity index is 3570. The van der Waals surface area contributed by atoms with Crippen LogP contribution in [-0.2, 0) is 0 Å². The Labute approximate surface area is 366 Å². The van der Waals surface area contributed by atoms with E-state index in [2.05, 4.69) is 246 Å². The van der Waals surface area contributed by atoms with Crippen molar-refractivity contribution >= 4 is 60.8 Å². The second-order valence-electron chi connectivity index (χ2n) is 16.1. The van der Waals surface area contributed by atoms with Crippen LogP contribution in [0, 0.1) is 0 Å². The van der Waals surface area contributed by atoms with E-state index in [0.717, 1.165) is 72.4 Å². The summed E-state index contributed by atoms with van der Waals surface area (Å²) in [6.45, 7) is 0. The van der Waals surface area contributed by atoms with Crippen LogP contribution in [0.3, 0.4) is 0 Å². The van der Waals surface area contributed by atoms with Gasteiger partial charge in [-0.05, 0) is 106 Å². The highest BCUT2D eigenvalue weighted by Gasteiger charge is 2.24. The Morgan fingerprint density at radius 3 is 1.40 bits per heavy atom. The molecule has 0 aliphatic carbocycles. The van der Waals surface area contributed by atoms with E-state index < -0.39 is 0 Å². The van der Waals surface area contributed by atoms with E-state index in [9.17, 15) is 0 Å². The number of benzene rings is 10. The minimum atomic E-state index is 0.868. The summed E-state index contributed by atoms with van der Waals surface area (Å²) in [4.78, 5) is 2.43. The molecular weight excluding hydrogens is 765 g/mol. The third-order valence-corrected chi connectivity index (χ3v) is 12.4. The molecular formula is C60H40N2O. The average Bonchev–Trinajstić information content (AvgIpc) is 3.91. The summed E-state index contributed by atoms with van der Waals surface area (Å²) in [6.07, 6.45) is 0. The van der Waals surface area contributed by atoms with Crippen molar-refractivity contribution in [1.82, 2.24) is 4.57 Å². The topological polar surface area (TPSA) is 21.3 Å². The van der Waals surface area contributed by atoms with Gasteiger partial charge in [0.1, 0.15) is 11.2 Å². The van der Waals surface area contributed by atoms with E-state index in [0.29, 0.717) is 0 Å². The van der Waals surface area contributed by atoms with E-state index in [4.69, 9.17) is 4.42 Å². The summed E-state index contributed by atoms with van der Waals surface area (Å²) in [6, 6.07) is 87.2. The van der Waals surface area contributed by atoms with Gasteiger partial charge in [0.25, 0.3) is 0 Å². The number of rotatable bonds is 8. The van der Waals surface area contributed by atoms with Gasteiger partial charge in [0, 0.05) is 44.2 Å². The molecule has 2 aromatic heterocycles. The molecule has 0 N–H and O–H groups in total. The van der Waals surface area contributed by atoms with E-state index in [1.807, 2.05) is 6.07 Å². The fraction of sp³-hybridized carbons (Fsp3) is 0. The zero-order chi connectivity index (χ0) is 41.7. The Balaban J connectivity index is 1.11. The van der Waals surface area contributed by atoms with Gasteiger partial charge in [-0.15, -0.1) is 0 Å². The molecule has 12 aromatic rings. The van der Waals surface area contributed by atoms with Crippen molar-refractivity contribution in [2.75, 3.05) is 4.90 Å². The largest absolute Gasteiger partial charge is 0.456 e. The van der Waals surface area contributed by atoms with Crippen LogP contribution >= 0.6 is 0 Å². The van der Waals surface area contributed by atoms with E-state index >= 15 is 0 Å². The fourth-order valence-corrected chi connectivity index (χ4v) is 9.41. The van der Waals surface area contributed by atoms with Gasteiger partial charge in [-0.3, -0.25) is 0 Å². The molecule has 0 bridgehead atoms. The van der Waals surface area contributed by atoms with Gasteiger partial charge in [0.05, 0.1) is 16.7 Å². The molecule has 0 spiro atoms. The number of hydrogen-bond donors (Lipinski definition) is 0. The first-order chi connectivity index (χ1) is 31.2. The molecule has 0 saturated heterocycles. The van der Waals surface area contributed by atoms with Gasteiger partial charge in [-0.1, -0.05) is 176 Å². The first-order valence-corrected chi connectivity index (χ1v) is 21.5. The van der Waals surface area contributed by atoms with Crippen molar-refractivity contribution in [3.63, 3.8) is 0 Å².